The van der Waals surface area contributed by atoms with Crippen LogP contribution in [0.15, 0.2) is 41.4 Å². The number of nitrogens with one attached hydrogen (secondary N) is 1. The van der Waals surface area contributed by atoms with E-state index in [2.05, 4.69) is 10.3 Å². The van der Waals surface area contributed by atoms with Crippen LogP contribution in [0.25, 0.3) is 0 Å². The number of anilines is 1. The van der Waals surface area contributed by atoms with Crippen LogP contribution < -0.4 is 5.32 Å². The topological polar surface area (TPSA) is 96.4 Å². The molecule has 0 saturated heterocycles. The molecule has 3 aliphatic carbocycles. The number of aliphatic hydroxyl groups excluding tert-OH is 1. The van der Waals surface area contributed by atoms with Crippen molar-refractivity contribution in [2.45, 2.75) is 86.4 Å². The fourth-order valence-electron chi connectivity index (χ4n) is 5.06. The minimum atomic E-state index is -3.29. The zero-order valence-corrected chi connectivity index (χ0v) is 21.1. The molecule has 6 nitrogen and oxygen atoms in total. The highest BCUT2D eigenvalue weighted by Gasteiger charge is 2.41. The van der Waals surface area contributed by atoms with Gasteiger partial charge < -0.3 is 10.4 Å². The zero-order valence-electron chi connectivity index (χ0n) is 19.4. The van der Waals surface area contributed by atoms with Gasteiger partial charge in [-0.05, 0) is 98.9 Å². The van der Waals surface area contributed by atoms with Gasteiger partial charge in [-0.25, -0.2) is 13.4 Å². The first kappa shape index (κ1) is 25.1. The highest BCUT2D eigenvalue weighted by molar-refractivity contribution is 7.92. The molecule has 1 aromatic heterocycles. The van der Waals surface area contributed by atoms with Crippen LogP contribution in [0.5, 0.6) is 0 Å². The summed E-state index contributed by atoms with van der Waals surface area (Å²) in [5, 5.41) is 12.7. The van der Waals surface area contributed by atoms with Gasteiger partial charge in [0, 0.05) is 6.20 Å². The number of benzene rings is 1. The molecular weight excluding hydrogens is 472 g/mol. The maximum atomic E-state index is 13.4. The highest BCUT2D eigenvalue weighted by Crippen LogP contribution is 2.47. The summed E-state index contributed by atoms with van der Waals surface area (Å²) in [5.41, 5.74) is 2.76. The number of pyridine rings is 1. The van der Waals surface area contributed by atoms with Gasteiger partial charge in [0.1, 0.15) is 5.82 Å². The molecule has 34 heavy (non-hydrogen) atoms. The molecule has 0 spiro atoms. The molecule has 3 fully saturated rings. The van der Waals surface area contributed by atoms with Crippen LogP contribution in [0.2, 0.25) is 0 Å². The van der Waals surface area contributed by atoms with Gasteiger partial charge in [0.25, 0.3) is 0 Å². The summed E-state index contributed by atoms with van der Waals surface area (Å²) in [7, 11) is -3.29. The van der Waals surface area contributed by atoms with Gasteiger partial charge in [-0.3, -0.25) is 4.79 Å². The Balaban J connectivity index is 0.00000274. The maximum absolute atomic E-state index is 13.4. The number of aryl methyl sites for hydroxylation is 1. The molecule has 0 bridgehead atoms. The SMILES string of the molecule is Cc1ccc(NC(=O)[C@H](C[C@H]2CCC(O)C2)c2ccc(S(=O)(=O)C3CC3)c(C3CC3)c2)nc1.Cl. The van der Waals surface area contributed by atoms with E-state index in [0.717, 1.165) is 55.2 Å². The largest absolute Gasteiger partial charge is 0.393 e. The molecule has 8 heteroatoms. The molecule has 3 aliphatic rings. The molecule has 3 atom stereocenters. The third kappa shape index (κ3) is 5.47. The standard InChI is InChI=1S/C26H32N2O4S.ClH/c1-16-2-11-25(27-15-16)28-26(30)23(13-17-3-7-20(29)12-17)19-6-10-24(22(14-19)18-4-5-18)33(31,32)21-8-9-21;/h2,6,10-11,14-15,17-18,20-21,23,29H,3-5,7-9,12-13H2,1H3,(H,27,28,30);1H/t17-,20?,23+;/m0./s1. The summed E-state index contributed by atoms with van der Waals surface area (Å²) in [5.74, 6) is 0.494. The third-order valence-electron chi connectivity index (χ3n) is 7.28. The third-order valence-corrected chi connectivity index (χ3v) is 9.62. The number of aromatic nitrogens is 1. The van der Waals surface area contributed by atoms with Crippen LogP contribution in [0, 0.1) is 12.8 Å². The number of aliphatic hydroxyl groups is 1. The lowest BCUT2D eigenvalue weighted by atomic mass is 9.86. The molecule has 184 valence electrons. The number of carbonyl (C=O) groups is 1. The normalized spacial score (nSPS) is 23.2. The maximum Gasteiger partial charge on any atom is 0.233 e. The van der Waals surface area contributed by atoms with E-state index in [9.17, 15) is 18.3 Å². The fourth-order valence-corrected chi connectivity index (χ4v) is 6.99. The summed E-state index contributed by atoms with van der Waals surface area (Å²) in [6.07, 6.45) is 7.90. The lowest BCUT2D eigenvalue weighted by Crippen LogP contribution is -2.24. The Hall–Kier alpha value is -1.96. The van der Waals surface area contributed by atoms with Crippen LogP contribution in [0.4, 0.5) is 5.82 Å². The number of hydrogen-bond acceptors (Lipinski definition) is 5. The lowest BCUT2D eigenvalue weighted by molar-refractivity contribution is -0.118. The second kappa shape index (κ2) is 9.96. The number of halogens is 1. The van der Waals surface area contributed by atoms with Gasteiger partial charge in [0.15, 0.2) is 9.84 Å². The van der Waals surface area contributed by atoms with E-state index in [1.165, 1.54) is 0 Å². The number of hydrogen-bond donors (Lipinski definition) is 2. The van der Waals surface area contributed by atoms with Crippen molar-refractivity contribution in [3.05, 3.63) is 53.2 Å². The van der Waals surface area contributed by atoms with Gasteiger partial charge in [0.2, 0.25) is 5.91 Å². The van der Waals surface area contributed by atoms with Crippen LogP contribution in [0.1, 0.15) is 79.9 Å². The number of carbonyl (C=O) groups excluding carboxylic acids is 1. The zero-order chi connectivity index (χ0) is 23.2. The van der Waals surface area contributed by atoms with E-state index >= 15 is 0 Å². The number of sulfone groups is 1. The predicted molar refractivity (Wildman–Crippen MR) is 134 cm³/mol. The molecule has 2 aromatic rings. The minimum Gasteiger partial charge on any atom is -0.393 e. The summed E-state index contributed by atoms with van der Waals surface area (Å²) < 4.78 is 26.1. The number of rotatable bonds is 8. The van der Waals surface area contributed by atoms with Gasteiger partial charge >= 0.3 is 0 Å². The second-order valence-corrected chi connectivity index (χ2v) is 12.3. The molecule has 0 aliphatic heterocycles. The van der Waals surface area contributed by atoms with Crippen molar-refractivity contribution in [3.8, 4) is 0 Å². The van der Waals surface area contributed by atoms with Crippen molar-refractivity contribution in [3.63, 3.8) is 0 Å². The molecule has 1 unspecified atom stereocenters. The molecule has 1 heterocycles. The molecule has 1 aromatic carbocycles. The fraction of sp³-hybridized carbons (Fsp3) is 0.538. The van der Waals surface area contributed by atoms with E-state index in [1.54, 1.807) is 18.3 Å². The Labute approximate surface area is 207 Å². The Morgan fingerprint density at radius 3 is 2.47 bits per heavy atom. The van der Waals surface area contributed by atoms with Crippen molar-refractivity contribution in [2.24, 2.45) is 5.92 Å². The van der Waals surface area contributed by atoms with Gasteiger partial charge in [-0.1, -0.05) is 18.2 Å². The van der Waals surface area contributed by atoms with E-state index in [0.29, 0.717) is 23.6 Å². The molecule has 2 N–H and O–H groups in total. The average Bonchev–Trinajstić information content (AvgIpc) is 3.70. The Kier molecular flexibility index (Phi) is 7.36. The molecule has 0 radical (unpaired) electrons. The molecule has 1 amide bonds. The quantitative estimate of drug-likeness (QED) is 0.533. The highest BCUT2D eigenvalue weighted by atomic mass is 35.5. The Morgan fingerprint density at radius 2 is 1.88 bits per heavy atom. The number of nitrogens with zero attached hydrogens (tertiary/aromatic N) is 1. The summed E-state index contributed by atoms with van der Waals surface area (Å²) in [4.78, 5) is 18.2. The van der Waals surface area contributed by atoms with Crippen LogP contribution >= 0.6 is 12.4 Å². The van der Waals surface area contributed by atoms with E-state index in [-0.39, 0.29) is 41.5 Å². The van der Waals surface area contributed by atoms with Crippen molar-refractivity contribution in [1.29, 1.82) is 0 Å². The second-order valence-electron chi connectivity index (χ2n) is 10.1. The van der Waals surface area contributed by atoms with Crippen molar-refractivity contribution < 1.29 is 18.3 Å². The molecular formula is C26H33ClN2O4S. The van der Waals surface area contributed by atoms with E-state index in [4.69, 9.17) is 0 Å². The lowest BCUT2D eigenvalue weighted by Gasteiger charge is -2.22. The predicted octanol–water partition coefficient (Wildman–Crippen LogP) is 4.90. The summed E-state index contributed by atoms with van der Waals surface area (Å²) in [6, 6.07) is 9.26. The molecule has 3 saturated carbocycles. The first-order chi connectivity index (χ1) is 15.8. The molecule has 5 rings (SSSR count). The first-order valence-corrected chi connectivity index (χ1v) is 13.6. The van der Waals surface area contributed by atoms with Gasteiger partial charge in [-0.2, -0.15) is 0 Å². The van der Waals surface area contributed by atoms with Crippen LogP contribution in [0.3, 0.4) is 0 Å². The van der Waals surface area contributed by atoms with Crippen molar-refractivity contribution in [2.75, 3.05) is 5.32 Å². The summed E-state index contributed by atoms with van der Waals surface area (Å²) >= 11 is 0. The van der Waals surface area contributed by atoms with Crippen molar-refractivity contribution >= 4 is 34.0 Å². The van der Waals surface area contributed by atoms with Crippen LogP contribution in [-0.2, 0) is 14.6 Å². The summed E-state index contributed by atoms with van der Waals surface area (Å²) in [6.45, 7) is 1.95. The number of amides is 1. The smallest absolute Gasteiger partial charge is 0.233 e. The van der Waals surface area contributed by atoms with Gasteiger partial charge in [-0.15, -0.1) is 12.4 Å². The van der Waals surface area contributed by atoms with Crippen LogP contribution in [-0.4, -0.2) is 35.8 Å². The Bertz CT molecular complexity index is 1140. The minimum absolute atomic E-state index is 0. The van der Waals surface area contributed by atoms with E-state index < -0.39 is 15.8 Å². The van der Waals surface area contributed by atoms with E-state index in [1.807, 2.05) is 25.1 Å². The van der Waals surface area contributed by atoms with Gasteiger partial charge in [0.05, 0.1) is 22.2 Å². The Morgan fingerprint density at radius 1 is 1.12 bits per heavy atom. The monoisotopic (exact) mass is 504 g/mol. The van der Waals surface area contributed by atoms with Crippen molar-refractivity contribution in [1.82, 2.24) is 4.98 Å². The first-order valence-electron chi connectivity index (χ1n) is 12.1. The average molecular weight is 505 g/mol.